The lowest BCUT2D eigenvalue weighted by Gasteiger charge is -2.09. The summed E-state index contributed by atoms with van der Waals surface area (Å²) in [5.74, 6) is -1.10. The highest BCUT2D eigenvalue weighted by Gasteiger charge is 2.15. The van der Waals surface area contributed by atoms with Crippen molar-refractivity contribution in [1.29, 1.82) is 0 Å². The van der Waals surface area contributed by atoms with Gasteiger partial charge in [-0.05, 0) is 18.4 Å². The molecular formula is C11H16N2O3. The summed E-state index contributed by atoms with van der Waals surface area (Å²) in [5.41, 5.74) is -0.101. The zero-order valence-electron chi connectivity index (χ0n) is 9.73. The lowest BCUT2D eigenvalue weighted by Crippen LogP contribution is -2.29. The van der Waals surface area contributed by atoms with Crippen molar-refractivity contribution in [1.82, 2.24) is 9.78 Å². The molecule has 5 nitrogen and oxygen atoms in total. The maximum Gasteiger partial charge on any atom is 0.341 e. The van der Waals surface area contributed by atoms with Gasteiger partial charge in [0, 0.05) is 6.54 Å². The summed E-state index contributed by atoms with van der Waals surface area (Å²) in [6.07, 6.45) is 0.744. The third-order valence-corrected chi connectivity index (χ3v) is 2.25. The van der Waals surface area contributed by atoms with Gasteiger partial charge >= 0.3 is 5.97 Å². The van der Waals surface area contributed by atoms with Crippen LogP contribution in [0.5, 0.6) is 0 Å². The molecule has 1 N–H and O–H groups in total. The second kappa shape index (κ2) is 4.92. The van der Waals surface area contributed by atoms with Gasteiger partial charge in [0.25, 0.3) is 5.56 Å². The van der Waals surface area contributed by atoms with Crippen LogP contribution in [0.4, 0.5) is 0 Å². The zero-order chi connectivity index (χ0) is 12.3. The van der Waals surface area contributed by atoms with Crippen LogP contribution in [0.1, 0.15) is 49.2 Å². The molecule has 0 aliphatic carbocycles. The molecule has 1 heterocycles. The van der Waals surface area contributed by atoms with Crippen molar-refractivity contribution in [2.45, 2.75) is 39.7 Å². The Morgan fingerprint density at radius 3 is 2.62 bits per heavy atom. The molecule has 0 aromatic carbocycles. The average Bonchev–Trinajstić information content (AvgIpc) is 2.20. The first-order chi connectivity index (χ1) is 7.47. The average molecular weight is 224 g/mol. The molecule has 0 saturated carbocycles. The summed E-state index contributed by atoms with van der Waals surface area (Å²) in [6.45, 7) is 6.18. The summed E-state index contributed by atoms with van der Waals surface area (Å²) >= 11 is 0. The van der Waals surface area contributed by atoms with Crippen molar-refractivity contribution >= 4 is 5.97 Å². The Balaban J connectivity index is 3.39. The van der Waals surface area contributed by atoms with Crippen molar-refractivity contribution in [3.05, 3.63) is 27.7 Å². The minimum atomic E-state index is -1.20. The first-order valence-electron chi connectivity index (χ1n) is 5.32. The minimum Gasteiger partial charge on any atom is -0.477 e. The molecular weight excluding hydrogens is 208 g/mol. The number of carboxylic acid groups (broad SMARTS) is 1. The highest BCUT2D eigenvalue weighted by molar-refractivity contribution is 5.87. The topological polar surface area (TPSA) is 72.2 Å². The molecule has 16 heavy (non-hydrogen) atoms. The van der Waals surface area contributed by atoms with Crippen molar-refractivity contribution in [2.24, 2.45) is 0 Å². The molecule has 0 aliphatic heterocycles. The van der Waals surface area contributed by atoms with Crippen LogP contribution in [-0.4, -0.2) is 20.9 Å². The SMILES string of the molecule is CCCn1nc(C(C)C)cc(C(=O)O)c1=O. The highest BCUT2D eigenvalue weighted by atomic mass is 16.4. The predicted octanol–water partition coefficient (Wildman–Crippen LogP) is 1.47. The molecule has 0 amide bonds. The Labute approximate surface area is 93.7 Å². The Bertz CT molecular complexity index is 449. The van der Waals surface area contributed by atoms with Crippen molar-refractivity contribution < 1.29 is 9.90 Å². The molecule has 0 radical (unpaired) electrons. The molecule has 1 aromatic heterocycles. The highest BCUT2D eigenvalue weighted by Crippen LogP contribution is 2.10. The minimum absolute atomic E-state index is 0.0989. The fourth-order valence-electron chi connectivity index (χ4n) is 1.36. The fraction of sp³-hybridized carbons (Fsp3) is 0.545. The monoisotopic (exact) mass is 224 g/mol. The molecule has 0 bridgehead atoms. The van der Waals surface area contributed by atoms with Gasteiger partial charge in [-0.15, -0.1) is 0 Å². The Kier molecular flexibility index (Phi) is 3.82. The normalized spacial score (nSPS) is 10.8. The van der Waals surface area contributed by atoms with Crippen molar-refractivity contribution in [2.75, 3.05) is 0 Å². The fourth-order valence-corrected chi connectivity index (χ4v) is 1.36. The first kappa shape index (κ1) is 12.4. The number of hydrogen-bond acceptors (Lipinski definition) is 3. The van der Waals surface area contributed by atoms with Gasteiger partial charge in [-0.3, -0.25) is 4.79 Å². The first-order valence-corrected chi connectivity index (χ1v) is 5.32. The lowest BCUT2D eigenvalue weighted by atomic mass is 10.1. The Morgan fingerprint density at radius 1 is 1.56 bits per heavy atom. The summed E-state index contributed by atoms with van der Waals surface area (Å²) in [7, 11) is 0. The quantitative estimate of drug-likeness (QED) is 0.840. The Morgan fingerprint density at radius 2 is 2.19 bits per heavy atom. The lowest BCUT2D eigenvalue weighted by molar-refractivity contribution is 0.0693. The smallest absolute Gasteiger partial charge is 0.341 e. The molecule has 88 valence electrons. The van der Waals surface area contributed by atoms with Gasteiger partial charge in [0.2, 0.25) is 0 Å². The van der Waals surface area contributed by atoms with Crippen LogP contribution >= 0.6 is 0 Å². The van der Waals surface area contributed by atoms with Gasteiger partial charge in [0.05, 0.1) is 5.69 Å². The van der Waals surface area contributed by atoms with Crippen LogP contribution in [0, 0.1) is 0 Å². The summed E-state index contributed by atoms with van der Waals surface area (Å²) in [4.78, 5) is 22.6. The molecule has 5 heteroatoms. The number of aryl methyl sites for hydroxylation is 1. The third kappa shape index (κ3) is 2.48. The van der Waals surface area contributed by atoms with E-state index in [1.807, 2.05) is 20.8 Å². The zero-order valence-corrected chi connectivity index (χ0v) is 9.73. The molecule has 1 aromatic rings. The molecule has 0 aliphatic rings. The van der Waals surface area contributed by atoms with Crippen LogP contribution in [0.3, 0.4) is 0 Å². The van der Waals surface area contributed by atoms with E-state index in [4.69, 9.17) is 5.11 Å². The Hall–Kier alpha value is -1.65. The molecule has 0 saturated heterocycles. The molecule has 1 rings (SSSR count). The van der Waals surface area contributed by atoms with Crippen LogP contribution in [0.2, 0.25) is 0 Å². The van der Waals surface area contributed by atoms with Crippen molar-refractivity contribution in [3.63, 3.8) is 0 Å². The standard InChI is InChI=1S/C11H16N2O3/c1-4-5-13-10(14)8(11(15)16)6-9(12-13)7(2)3/h6-7H,4-5H2,1-3H3,(H,15,16). The number of aromatic nitrogens is 2. The van der Waals surface area contributed by atoms with E-state index in [0.717, 1.165) is 6.42 Å². The van der Waals surface area contributed by atoms with Gasteiger partial charge in [0.15, 0.2) is 0 Å². The van der Waals surface area contributed by atoms with Crippen LogP contribution < -0.4 is 5.56 Å². The summed E-state index contributed by atoms with van der Waals surface area (Å²) in [5, 5.41) is 13.1. The number of hydrogen-bond donors (Lipinski definition) is 1. The van der Waals surface area contributed by atoms with E-state index in [9.17, 15) is 9.59 Å². The summed E-state index contributed by atoms with van der Waals surface area (Å²) in [6, 6.07) is 1.36. The van der Waals surface area contributed by atoms with Gasteiger partial charge < -0.3 is 5.11 Å². The van der Waals surface area contributed by atoms with E-state index in [2.05, 4.69) is 5.10 Å². The second-order valence-electron chi connectivity index (χ2n) is 3.97. The van der Waals surface area contributed by atoms with E-state index < -0.39 is 11.5 Å². The predicted molar refractivity (Wildman–Crippen MR) is 59.8 cm³/mol. The second-order valence-corrected chi connectivity index (χ2v) is 3.97. The van der Waals surface area contributed by atoms with E-state index >= 15 is 0 Å². The molecule has 0 fully saturated rings. The van der Waals surface area contributed by atoms with E-state index in [1.165, 1.54) is 10.7 Å². The third-order valence-electron chi connectivity index (χ3n) is 2.25. The van der Waals surface area contributed by atoms with E-state index in [1.54, 1.807) is 0 Å². The maximum atomic E-state index is 11.7. The van der Waals surface area contributed by atoms with Gasteiger partial charge in [-0.2, -0.15) is 5.10 Å². The number of rotatable bonds is 4. The molecule has 0 atom stereocenters. The number of carbonyl (C=O) groups is 1. The molecule has 0 spiro atoms. The number of nitrogens with zero attached hydrogens (tertiary/aromatic N) is 2. The number of carboxylic acids is 1. The van der Waals surface area contributed by atoms with Crippen molar-refractivity contribution in [3.8, 4) is 0 Å². The van der Waals surface area contributed by atoms with E-state index in [0.29, 0.717) is 12.2 Å². The summed E-state index contributed by atoms with van der Waals surface area (Å²) < 4.78 is 1.23. The maximum absolute atomic E-state index is 11.7. The van der Waals surface area contributed by atoms with Gasteiger partial charge in [-0.25, -0.2) is 9.48 Å². The van der Waals surface area contributed by atoms with Gasteiger partial charge in [0.1, 0.15) is 5.56 Å². The largest absolute Gasteiger partial charge is 0.477 e. The molecule has 0 unspecified atom stereocenters. The number of aromatic carboxylic acids is 1. The van der Waals surface area contributed by atoms with E-state index in [-0.39, 0.29) is 11.5 Å². The van der Waals surface area contributed by atoms with Gasteiger partial charge in [-0.1, -0.05) is 20.8 Å². The van der Waals surface area contributed by atoms with Crippen LogP contribution in [0.25, 0.3) is 0 Å². The van der Waals surface area contributed by atoms with Crippen LogP contribution in [0.15, 0.2) is 10.9 Å². The van der Waals surface area contributed by atoms with Crippen LogP contribution in [-0.2, 0) is 6.54 Å².